The fourth-order valence-electron chi connectivity index (χ4n) is 0.605. The molecular weight excluding hydrogens is 160 g/mol. The van der Waals surface area contributed by atoms with E-state index in [4.69, 9.17) is 5.73 Å². The normalized spacial score (nSPS) is 10.4. The van der Waals surface area contributed by atoms with Crippen molar-refractivity contribution in [2.45, 2.75) is 0 Å². The van der Waals surface area contributed by atoms with Crippen molar-refractivity contribution < 1.29 is 4.79 Å². The van der Waals surface area contributed by atoms with Crippen molar-refractivity contribution in [1.29, 1.82) is 0 Å². The smallest absolute Gasteiger partial charge is 0.366 e. The van der Waals surface area contributed by atoms with Crippen molar-refractivity contribution in [3.05, 3.63) is 12.7 Å². The highest BCUT2D eigenvalue weighted by atomic mass is 16.2. The fraction of sp³-hybridized carbons (Fsp3) is 0.200. The summed E-state index contributed by atoms with van der Waals surface area (Å²) in [5, 5.41) is 8.20. The van der Waals surface area contributed by atoms with Crippen LogP contribution in [0.2, 0.25) is 0 Å². The molecule has 12 heavy (non-hydrogen) atoms. The zero-order valence-electron chi connectivity index (χ0n) is 6.45. The number of rotatable bonds is 1. The first kappa shape index (κ1) is 8.18. The molecule has 0 aromatic carbocycles. The standard InChI is InChI=1S/C5H8N6O/c1-10(8-2-6)5(12)11-4-7-3-9-11/h2-4H,1H3,(H2,6,8). The molecule has 0 saturated carbocycles. The van der Waals surface area contributed by atoms with Crippen LogP contribution >= 0.6 is 0 Å². The summed E-state index contributed by atoms with van der Waals surface area (Å²) < 4.78 is 1.05. The van der Waals surface area contributed by atoms with Gasteiger partial charge in [-0.05, 0) is 0 Å². The summed E-state index contributed by atoms with van der Waals surface area (Å²) in [5.74, 6) is 0. The van der Waals surface area contributed by atoms with Crippen molar-refractivity contribution in [2.75, 3.05) is 7.05 Å². The van der Waals surface area contributed by atoms with Crippen LogP contribution in [0, 0.1) is 0 Å². The molecule has 0 saturated heterocycles. The van der Waals surface area contributed by atoms with Gasteiger partial charge in [0, 0.05) is 7.05 Å². The van der Waals surface area contributed by atoms with E-state index in [1.165, 1.54) is 19.7 Å². The zero-order chi connectivity index (χ0) is 8.97. The van der Waals surface area contributed by atoms with Gasteiger partial charge >= 0.3 is 6.03 Å². The second-order valence-corrected chi connectivity index (χ2v) is 1.91. The Labute approximate surface area is 68.5 Å². The van der Waals surface area contributed by atoms with Gasteiger partial charge in [0.25, 0.3) is 0 Å². The number of hydrazone groups is 1. The average Bonchev–Trinajstić information content (AvgIpc) is 2.55. The van der Waals surface area contributed by atoms with Crippen molar-refractivity contribution >= 4 is 12.4 Å². The van der Waals surface area contributed by atoms with Crippen LogP contribution in [0.1, 0.15) is 0 Å². The first-order valence-corrected chi connectivity index (χ1v) is 3.12. The molecule has 0 aliphatic heterocycles. The summed E-state index contributed by atoms with van der Waals surface area (Å²) in [6.45, 7) is 0. The lowest BCUT2D eigenvalue weighted by Crippen LogP contribution is -2.27. The molecular formula is C5H8N6O. The van der Waals surface area contributed by atoms with Crippen LogP contribution in [0.5, 0.6) is 0 Å². The van der Waals surface area contributed by atoms with Crippen LogP contribution < -0.4 is 5.73 Å². The van der Waals surface area contributed by atoms with E-state index in [-0.39, 0.29) is 0 Å². The third-order valence-corrected chi connectivity index (χ3v) is 1.13. The first-order chi connectivity index (χ1) is 5.75. The van der Waals surface area contributed by atoms with E-state index in [0.29, 0.717) is 0 Å². The lowest BCUT2D eigenvalue weighted by molar-refractivity contribution is 0.209. The fourth-order valence-corrected chi connectivity index (χ4v) is 0.605. The van der Waals surface area contributed by atoms with Crippen molar-refractivity contribution in [1.82, 2.24) is 19.8 Å². The Morgan fingerprint density at radius 3 is 3.08 bits per heavy atom. The summed E-state index contributed by atoms with van der Waals surface area (Å²) in [7, 11) is 1.47. The van der Waals surface area contributed by atoms with Crippen LogP contribution in [0.3, 0.4) is 0 Å². The molecule has 7 nitrogen and oxygen atoms in total. The van der Waals surface area contributed by atoms with E-state index < -0.39 is 6.03 Å². The zero-order valence-corrected chi connectivity index (χ0v) is 6.45. The molecule has 0 bridgehead atoms. The lowest BCUT2D eigenvalue weighted by atomic mass is 10.9. The molecule has 0 aliphatic carbocycles. The number of hydrogen-bond donors (Lipinski definition) is 1. The molecule has 2 N–H and O–H groups in total. The van der Waals surface area contributed by atoms with E-state index in [0.717, 1.165) is 16.0 Å². The van der Waals surface area contributed by atoms with Gasteiger partial charge in [-0.15, -0.1) is 0 Å². The average molecular weight is 168 g/mol. The second kappa shape index (κ2) is 3.46. The molecule has 1 amide bonds. The Bertz CT molecular complexity index is 278. The maximum atomic E-state index is 11.2. The Balaban J connectivity index is 2.72. The number of amides is 1. The van der Waals surface area contributed by atoms with E-state index in [1.54, 1.807) is 0 Å². The van der Waals surface area contributed by atoms with Crippen molar-refractivity contribution in [3.8, 4) is 0 Å². The Morgan fingerprint density at radius 1 is 1.83 bits per heavy atom. The quantitative estimate of drug-likeness (QED) is 0.333. The number of carbonyl (C=O) groups excluding carboxylic acids is 1. The van der Waals surface area contributed by atoms with Crippen LogP contribution in [0.4, 0.5) is 4.79 Å². The van der Waals surface area contributed by atoms with Crippen LogP contribution in [-0.2, 0) is 0 Å². The molecule has 0 atom stereocenters. The SMILES string of the molecule is CN(/N=C\N)C(=O)n1cncn1. The van der Waals surface area contributed by atoms with E-state index in [2.05, 4.69) is 15.2 Å². The third kappa shape index (κ3) is 1.57. The molecule has 0 unspecified atom stereocenters. The van der Waals surface area contributed by atoms with E-state index in [9.17, 15) is 4.79 Å². The van der Waals surface area contributed by atoms with Gasteiger partial charge in [0.05, 0.1) is 0 Å². The molecule has 1 aromatic heterocycles. The molecule has 1 heterocycles. The number of nitrogens with zero attached hydrogens (tertiary/aromatic N) is 5. The van der Waals surface area contributed by atoms with Crippen LogP contribution in [0.25, 0.3) is 0 Å². The minimum Gasteiger partial charge on any atom is -0.388 e. The van der Waals surface area contributed by atoms with Gasteiger partial charge in [0.2, 0.25) is 0 Å². The second-order valence-electron chi connectivity index (χ2n) is 1.91. The van der Waals surface area contributed by atoms with Gasteiger partial charge in [-0.1, -0.05) is 0 Å². The lowest BCUT2D eigenvalue weighted by Gasteiger charge is -2.07. The van der Waals surface area contributed by atoms with Crippen molar-refractivity contribution in [2.24, 2.45) is 10.8 Å². The first-order valence-electron chi connectivity index (χ1n) is 3.12. The van der Waals surface area contributed by atoms with Gasteiger partial charge < -0.3 is 5.73 Å². The highest BCUT2D eigenvalue weighted by Gasteiger charge is 2.08. The van der Waals surface area contributed by atoms with E-state index >= 15 is 0 Å². The van der Waals surface area contributed by atoms with Gasteiger partial charge in [-0.2, -0.15) is 14.9 Å². The molecule has 0 fully saturated rings. The monoisotopic (exact) mass is 168 g/mol. The molecule has 7 heteroatoms. The third-order valence-electron chi connectivity index (χ3n) is 1.13. The summed E-state index contributed by atoms with van der Waals surface area (Å²) in [5.41, 5.74) is 4.99. The maximum absolute atomic E-state index is 11.2. The summed E-state index contributed by atoms with van der Waals surface area (Å²) in [6.07, 6.45) is 3.57. The maximum Gasteiger partial charge on any atom is 0.366 e. The molecule has 0 aliphatic rings. The van der Waals surface area contributed by atoms with E-state index in [1.807, 2.05) is 0 Å². The molecule has 0 radical (unpaired) electrons. The van der Waals surface area contributed by atoms with Gasteiger partial charge in [-0.25, -0.2) is 14.8 Å². The number of hydrogen-bond acceptors (Lipinski definition) is 4. The summed E-state index contributed by atoms with van der Waals surface area (Å²) in [6, 6.07) is -0.422. The highest BCUT2D eigenvalue weighted by Crippen LogP contribution is 1.89. The summed E-state index contributed by atoms with van der Waals surface area (Å²) >= 11 is 0. The van der Waals surface area contributed by atoms with Gasteiger partial charge in [0.15, 0.2) is 0 Å². The van der Waals surface area contributed by atoms with Crippen LogP contribution in [0.15, 0.2) is 17.8 Å². The minimum atomic E-state index is -0.422. The van der Waals surface area contributed by atoms with Crippen molar-refractivity contribution in [3.63, 3.8) is 0 Å². The predicted octanol–water partition coefficient (Wildman–Crippen LogP) is -0.920. The number of carbonyl (C=O) groups is 1. The van der Waals surface area contributed by atoms with Gasteiger partial charge in [-0.3, -0.25) is 0 Å². The molecule has 1 rings (SSSR count). The Hall–Kier alpha value is -1.92. The Morgan fingerprint density at radius 2 is 2.58 bits per heavy atom. The van der Waals surface area contributed by atoms with Crippen LogP contribution in [-0.4, -0.2) is 39.2 Å². The Kier molecular flexibility index (Phi) is 2.36. The predicted molar refractivity (Wildman–Crippen MR) is 41.3 cm³/mol. The van der Waals surface area contributed by atoms with Gasteiger partial charge in [0.1, 0.15) is 19.0 Å². The number of aromatic nitrogens is 3. The minimum absolute atomic E-state index is 0.422. The molecule has 0 spiro atoms. The highest BCUT2D eigenvalue weighted by molar-refractivity contribution is 5.75. The number of nitrogens with two attached hydrogens (primary N) is 1. The topological polar surface area (TPSA) is 89.4 Å². The molecule has 64 valence electrons. The summed E-state index contributed by atoms with van der Waals surface area (Å²) in [4.78, 5) is 14.8. The largest absolute Gasteiger partial charge is 0.388 e. The molecule has 1 aromatic rings.